The van der Waals surface area contributed by atoms with Crippen molar-refractivity contribution in [3.05, 3.63) is 28.8 Å². The van der Waals surface area contributed by atoms with Crippen LogP contribution in [0.25, 0.3) is 0 Å². The van der Waals surface area contributed by atoms with Crippen molar-refractivity contribution in [1.82, 2.24) is 5.32 Å². The maximum absolute atomic E-state index is 11.6. The van der Waals surface area contributed by atoms with Gasteiger partial charge in [0.1, 0.15) is 6.61 Å². The summed E-state index contributed by atoms with van der Waals surface area (Å²) in [6.07, 6.45) is 0. The van der Waals surface area contributed by atoms with Gasteiger partial charge >= 0.3 is 0 Å². The fourth-order valence-corrected chi connectivity index (χ4v) is 1.31. The standard InChI is InChI=1S/C11H14ClN3O3/c12-8-2-1-7(5-9(8)13)11(17)15-3-4-18-6-10(14)16/h1-2,5H,3-4,6,13H2,(H2,14,16)(H,15,17). The van der Waals surface area contributed by atoms with Crippen LogP contribution in [0.4, 0.5) is 5.69 Å². The third-order valence-electron chi connectivity index (χ3n) is 2.03. The van der Waals surface area contributed by atoms with Crippen LogP contribution in [0, 0.1) is 0 Å². The highest BCUT2D eigenvalue weighted by Gasteiger charge is 2.06. The molecule has 18 heavy (non-hydrogen) atoms. The van der Waals surface area contributed by atoms with Crippen LogP contribution in [-0.4, -0.2) is 31.6 Å². The molecule has 0 spiro atoms. The van der Waals surface area contributed by atoms with Gasteiger partial charge in [0.05, 0.1) is 17.3 Å². The molecule has 98 valence electrons. The van der Waals surface area contributed by atoms with Crippen molar-refractivity contribution in [2.24, 2.45) is 5.73 Å². The van der Waals surface area contributed by atoms with E-state index in [0.29, 0.717) is 16.3 Å². The summed E-state index contributed by atoms with van der Waals surface area (Å²) in [6.45, 7) is 0.316. The zero-order valence-electron chi connectivity index (χ0n) is 9.61. The number of amides is 2. The Morgan fingerprint density at radius 2 is 2.11 bits per heavy atom. The van der Waals surface area contributed by atoms with Crippen molar-refractivity contribution < 1.29 is 14.3 Å². The Morgan fingerprint density at radius 3 is 2.72 bits per heavy atom. The molecule has 0 radical (unpaired) electrons. The second-order valence-corrected chi connectivity index (χ2v) is 3.92. The Kier molecular flexibility index (Phi) is 5.41. The van der Waals surface area contributed by atoms with Gasteiger partial charge in [-0.1, -0.05) is 11.6 Å². The lowest BCUT2D eigenvalue weighted by Crippen LogP contribution is -2.28. The number of carbonyl (C=O) groups excluding carboxylic acids is 2. The van der Waals surface area contributed by atoms with Crippen LogP contribution >= 0.6 is 11.6 Å². The lowest BCUT2D eigenvalue weighted by Gasteiger charge is -2.06. The summed E-state index contributed by atoms with van der Waals surface area (Å²) in [6, 6.07) is 4.61. The number of hydrogen-bond acceptors (Lipinski definition) is 4. The Bertz CT molecular complexity index is 451. The molecule has 0 unspecified atom stereocenters. The normalized spacial score (nSPS) is 10.1. The van der Waals surface area contributed by atoms with E-state index < -0.39 is 5.91 Å². The number of rotatable bonds is 6. The molecule has 6 nitrogen and oxygen atoms in total. The molecule has 5 N–H and O–H groups in total. The van der Waals surface area contributed by atoms with Crippen molar-refractivity contribution in [2.75, 3.05) is 25.5 Å². The van der Waals surface area contributed by atoms with Gasteiger partial charge in [0.25, 0.3) is 5.91 Å². The Labute approximate surface area is 109 Å². The minimum absolute atomic E-state index is 0.163. The van der Waals surface area contributed by atoms with Crippen LogP contribution < -0.4 is 16.8 Å². The van der Waals surface area contributed by atoms with Gasteiger partial charge in [0.2, 0.25) is 5.91 Å². The SMILES string of the molecule is NC(=O)COCCNC(=O)c1ccc(Cl)c(N)c1. The minimum Gasteiger partial charge on any atom is -0.398 e. The number of halogens is 1. The molecular weight excluding hydrogens is 258 g/mol. The number of anilines is 1. The fourth-order valence-electron chi connectivity index (χ4n) is 1.20. The van der Waals surface area contributed by atoms with Crippen LogP contribution in [0.1, 0.15) is 10.4 Å². The topological polar surface area (TPSA) is 107 Å². The molecule has 0 aromatic heterocycles. The molecule has 0 saturated carbocycles. The number of nitrogen functional groups attached to an aromatic ring is 1. The third kappa shape index (κ3) is 4.60. The van der Waals surface area contributed by atoms with E-state index in [-0.39, 0.29) is 25.7 Å². The highest BCUT2D eigenvalue weighted by Crippen LogP contribution is 2.19. The third-order valence-corrected chi connectivity index (χ3v) is 2.38. The summed E-state index contributed by atoms with van der Waals surface area (Å²) in [4.78, 5) is 22.0. The molecule has 0 saturated heterocycles. The van der Waals surface area contributed by atoms with E-state index in [2.05, 4.69) is 5.32 Å². The number of nitrogens with one attached hydrogen (secondary N) is 1. The molecule has 0 aliphatic rings. The smallest absolute Gasteiger partial charge is 0.251 e. The summed E-state index contributed by atoms with van der Waals surface area (Å²) >= 11 is 5.74. The number of nitrogens with two attached hydrogens (primary N) is 2. The number of carbonyl (C=O) groups is 2. The molecule has 0 bridgehead atoms. The van der Waals surface area contributed by atoms with Crippen LogP contribution in [0.5, 0.6) is 0 Å². The zero-order valence-corrected chi connectivity index (χ0v) is 10.4. The molecule has 0 heterocycles. The highest BCUT2D eigenvalue weighted by atomic mass is 35.5. The summed E-state index contributed by atoms with van der Waals surface area (Å²) in [5, 5.41) is 3.00. The van der Waals surface area contributed by atoms with Crippen molar-refractivity contribution >= 4 is 29.1 Å². The van der Waals surface area contributed by atoms with E-state index in [0.717, 1.165) is 0 Å². The summed E-state index contributed by atoms with van der Waals surface area (Å²) in [5.41, 5.74) is 11.2. The van der Waals surface area contributed by atoms with Crippen LogP contribution in [-0.2, 0) is 9.53 Å². The maximum atomic E-state index is 11.6. The number of primary amides is 1. The lowest BCUT2D eigenvalue weighted by atomic mass is 10.2. The van der Waals surface area contributed by atoms with Gasteiger partial charge in [-0.2, -0.15) is 0 Å². The molecule has 2 amide bonds. The summed E-state index contributed by atoms with van der Waals surface area (Å²) in [7, 11) is 0. The van der Waals surface area contributed by atoms with Gasteiger partial charge in [0.15, 0.2) is 0 Å². The van der Waals surface area contributed by atoms with Crippen molar-refractivity contribution in [3.8, 4) is 0 Å². The first-order valence-corrected chi connectivity index (χ1v) is 5.58. The molecule has 0 fully saturated rings. The summed E-state index contributed by atoms with van der Waals surface area (Å²) in [5.74, 6) is -0.840. The largest absolute Gasteiger partial charge is 0.398 e. The Balaban J connectivity index is 2.36. The molecule has 1 rings (SSSR count). The first kappa shape index (κ1) is 14.3. The van der Waals surface area contributed by atoms with Gasteiger partial charge in [-0.05, 0) is 18.2 Å². The number of hydrogen-bond donors (Lipinski definition) is 3. The van der Waals surface area contributed by atoms with Gasteiger partial charge in [0, 0.05) is 12.1 Å². The lowest BCUT2D eigenvalue weighted by molar-refractivity contribution is -0.122. The highest BCUT2D eigenvalue weighted by molar-refractivity contribution is 6.33. The van der Waals surface area contributed by atoms with E-state index in [1.54, 1.807) is 12.1 Å². The minimum atomic E-state index is -0.549. The van der Waals surface area contributed by atoms with E-state index in [9.17, 15) is 9.59 Å². The van der Waals surface area contributed by atoms with Gasteiger partial charge in [-0.15, -0.1) is 0 Å². The predicted molar refractivity (Wildman–Crippen MR) is 68.2 cm³/mol. The predicted octanol–water partition coefficient (Wildman–Crippen LogP) is 0.154. The average molecular weight is 272 g/mol. The Hall–Kier alpha value is -1.79. The van der Waals surface area contributed by atoms with E-state index in [4.69, 9.17) is 27.8 Å². The van der Waals surface area contributed by atoms with Crippen LogP contribution in [0.15, 0.2) is 18.2 Å². The van der Waals surface area contributed by atoms with Crippen molar-refractivity contribution in [1.29, 1.82) is 0 Å². The number of benzene rings is 1. The first-order valence-electron chi connectivity index (χ1n) is 5.20. The van der Waals surface area contributed by atoms with E-state index >= 15 is 0 Å². The molecule has 0 aliphatic heterocycles. The maximum Gasteiger partial charge on any atom is 0.251 e. The van der Waals surface area contributed by atoms with Gasteiger partial charge < -0.3 is 21.5 Å². The van der Waals surface area contributed by atoms with Gasteiger partial charge in [-0.25, -0.2) is 0 Å². The van der Waals surface area contributed by atoms with Gasteiger partial charge in [-0.3, -0.25) is 9.59 Å². The van der Waals surface area contributed by atoms with Crippen LogP contribution in [0.2, 0.25) is 5.02 Å². The molecule has 7 heteroatoms. The van der Waals surface area contributed by atoms with Crippen molar-refractivity contribution in [3.63, 3.8) is 0 Å². The molecule has 0 atom stereocenters. The monoisotopic (exact) mass is 271 g/mol. The van der Waals surface area contributed by atoms with E-state index in [1.165, 1.54) is 6.07 Å². The molecule has 0 aliphatic carbocycles. The quantitative estimate of drug-likeness (QED) is 0.506. The fraction of sp³-hybridized carbons (Fsp3) is 0.273. The number of ether oxygens (including phenoxy) is 1. The molecule has 1 aromatic carbocycles. The van der Waals surface area contributed by atoms with Crippen LogP contribution in [0.3, 0.4) is 0 Å². The zero-order chi connectivity index (χ0) is 13.5. The Morgan fingerprint density at radius 1 is 1.39 bits per heavy atom. The summed E-state index contributed by atoms with van der Waals surface area (Å²) < 4.78 is 4.89. The van der Waals surface area contributed by atoms with Crippen molar-refractivity contribution in [2.45, 2.75) is 0 Å². The second kappa shape index (κ2) is 6.83. The average Bonchev–Trinajstić information content (AvgIpc) is 2.31. The molecular formula is C11H14ClN3O3. The second-order valence-electron chi connectivity index (χ2n) is 3.51. The molecule has 1 aromatic rings. The van der Waals surface area contributed by atoms with E-state index in [1.807, 2.05) is 0 Å². The first-order chi connectivity index (χ1) is 8.50.